The Bertz CT molecular complexity index is 453. The minimum absolute atomic E-state index is 0.419. The summed E-state index contributed by atoms with van der Waals surface area (Å²) >= 11 is 4.76. The van der Waals surface area contributed by atoms with Crippen LogP contribution in [-0.4, -0.2) is 26.3 Å². The molecule has 0 unspecified atom stereocenters. The second kappa shape index (κ2) is 5.62. The predicted molar refractivity (Wildman–Crippen MR) is 71.5 cm³/mol. The van der Waals surface area contributed by atoms with E-state index in [0.717, 1.165) is 21.5 Å². The highest BCUT2D eigenvalue weighted by Crippen LogP contribution is 2.31. The molecule has 1 rings (SSSR count). The molecule has 16 heavy (non-hydrogen) atoms. The van der Waals surface area contributed by atoms with E-state index < -0.39 is 10.0 Å². The van der Waals surface area contributed by atoms with Gasteiger partial charge in [0.25, 0.3) is 0 Å². The molecule has 0 amide bonds. The summed E-state index contributed by atoms with van der Waals surface area (Å²) < 4.78 is 26.7. The zero-order chi connectivity index (χ0) is 12.3. The highest BCUT2D eigenvalue weighted by molar-refractivity contribution is 9.11. The molecule has 0 aromatic carbocycles. The Kier molecular flexibility index (Phi) is 4.97. The molecule has 1 aromatic heterocycles. The third kappa shape index (κ3) is 3.06. The van der Waals surface area contributed by atoms with E-state index in [2.05, 4.69) is 15.9 Å². The smallest absolute Gasteiger partial charge is 0.207 e. The molecule has 6 heteroatoms. The molecule has 0 saturated heterocycles. The normalized spacial score (nSPS) is 12.3. The van der Waals surface area contributed by atoms with E-state index in [-0.39, 0.29) is 0 Å². The second-order valence-electron chi connectivity index (χ2n) is 3.65. The van der Waals surface area contributed by atoms with Gasteiger partial charge in [-0.3, -0.25) is 0 Å². The zero-order valence-corrected chi connectivity index (χ0v) is 12.9. The number of thiophene rings is 1. The number of halogens is 1. The predicted octanol–water partition coefficient (Wildman–Crippen LogP) is 3.24. The Morgan fingerprint density at radius 2 is 2.12 bits per heavy atom. The van der Waals surface area contributed by atoms with Gasteiger partial charge in [0.15, 0.2) is 0 Å². The molecule has 1 heterocycles. The van der Waals surface area contributed by atoms with Crippen molar-refractivity contribution in [3.8, 4) is 0 Å². The van der Waals surface area contributed by atoms with Gasteiger partial charge in [0, 0.05) is 18.5 Å². The average Bonchev–Trinajstić information content (AvgIpc) is 2.54. The van der Waals surface area contributed by atoms with Gasteiger partial charge in [-0.25, -0.2) is 12.7 Å². The fraction of sp³-hybridized carbons (Fsp3) is 0.600. The lowest BCUT2D eigenvalue weighted by Gasteiger charge is -2.16. The van der Waals surface area contributed by atoms with Gasteiger partial charge in [-0.1, -0.05) is 13.3 Å². The molecule has 1 aromatic rings. The Balaban J connectivity index is 2.97. The first-order valence-corrected chi connectivity index (χ1v) is 8.16. The van der Waals surface area contributed by atoms with Crippen molar-refractivity contribution < 1.29 is 8.42 Å². The Morgan fingerprint density at radius 3 is 2.56 bits per heavy atom. The molecular weight excluding hydrogens is 310 g/mol. The Morgan fingerprint density at radius 1 is 1.50 bits per heavy atom. The van der Waals surface area contributed by atoms with Crippen LogP contribution in [0.5, 0.6) is 0 Å². The molecule has 0 bridgehead atoms. The third-order valence-corrected chi connectivity index (χ3v) is 6.02. The van der Waals surface area contributed by atoms with Gasteiger partial charge >= 0.3 is 0 Å². The molecular formula is C10H16BrNO2S2. The summed E-state index contributed by atoms with van der Waals surface area (Å²) in [4.78, 5) is 1.25. The molecule has 0 atom stereocenters. The molecule has 0 spiro atoms. The number of unbranched alkanes of at least 4 members (excludes halogenated alkanes) is 1. The lowest BCUT2D eigenvalue weighted by molar-refractivity contribution is 0.459. The fourth-order valence-electron chi connectivity index (χ4n) is 1.36. The second-order valence-corrected chi connectivity index (χ2v) is 8.30. The van der Waals surface area contributed by atoms with Gasteiger partial charge in [0.1, 0.15) is 0 Å². The summed E-state index contributed by atoms with van der Waals surface area (Å²) in [6.07, 6.45) is 1.88. The lowest BCUT2D eigenvalue weighted by atomic mass is 10.3. The van der Waals surface area contributed by atoms with E-state index in [9.17, 15) is 8.42 Å². The molecule has 0 aliphatic rings. The maximum atomic E-state index is 12.2. The summed E-state index contributed by atoms with van der Waals surface area (Å²) in [7, 11) is -1.67. The topological polar surface area (TPSA) is 37.4 Å². The van der Waals surface area contributed by atoms with Crippen LogP contribution in [0, 0.1) is 6.92 Å². The first-order valence-electron chi connectivity index (χ1n) is 5.12. The maximum Gasteiger partial charge on any atom is 0.243 e. The van der Waals surface area contributed by atoms with Gasteiger partial charge < -0.3 is 0 Å². The monoisotopic (exact) mass is 325 g/mol. The van der Waals surface area contributed by atoms with Crippen LogP contribution < -0.4 is 0 Å². The summed E-state index contributed by atoms with van der Waals surface area (Å²) in [5, 5.41) is 0. The average molecular weight is 326 g/mol. The Labute approximate surface area is 110 Å². The first-order chi connectivity index (χ1) is 7.39. The van der Waals surface area contributed by atoms with Gasteiger partial charge in [0.05, 0.1) is 8.68 Å². The minimum Gasteiger partial charge on any atom is -0.207 e. The quantitative estimate of drug-likeness (QED) is 0.833. The summed E-state index contributed by atoms with van der Waals surface area (Å²) in [5.74, 6) is 0. The van der Waals surface area contributed by atoms with Crippen molar-refractivity contribution in [3.05, 3.63) is 14.7 Å². The standard InChI is InChI=1S/C10H16BrNO2S2/c1-4-5-6-12(3)16(13,14)9-7-10(11)15-8(9)2/h7H,4-6H2,1-3H3. The molecule has 92 valence electrons. The van der Waals surface area contributed by atoms with Crippen molar-refractivity contribution in [2.45, 2.75) is 31.6 Å². The van der Waals surface area contributed by atoms with Crippen LogP contribution in [0.25, 0.3) is 0 Å². The zero-order valence-electron chi connectivity index (χ0n) is 9.66. The summed E-state index contributed by atoms with van der Waals surface area (Å²) in [6.45, 7) is 4.45. The van der Waals surface area contributed by atoms with Crippen LogP contribution in [0.4, 0.5) is 0 Å². The van der Waals surface area contributed by atoms with Crippen molar-refractivity contribution >= 4 is 37.3 Å². The van der Waals surface area contributed by atoms with Crippen molar-refractivity contribution in [1.29, 1.82) is 0 Å². The van der Waals surface area contributed by atoms with Gasteiger partial charge in [-0.05, 0) is 35.3 Å². The van der Waals surface area contributed by atoms with E-state index in [1.54, 1.807) is 13.1 Å². The van der Waals surface area contributed by atoms with E-state index in [4.69, 9.17) is 0 Å². The number of rotatable bonds is 5. The fourth-order valence-corrected chi connectivity index (χ4v) is 4.94. The number of hydrogen-bond acceptors (Lipinski definition) is 3. The largest absolute Gasteiger partial charge is 0.243 e. The minimum atomic E-state index is -3.31. The molecule has 3 nitrogen and oxygen atoms in total. The van der Waals surface area contributed by atoms with Crippen molar-refractivity contribution in [1.82, 2.24) is 4.31 Å². The van der Waals surface area contributed by atoms with Crippen molar-refractivity contribution in [2.24, 2.45) is 0 Å². The lowest BCUT2D eigenvalue weighted by Crippen LogP contribution is -2.28. The van der Waals surface area contributed by atoms with Crippen molar-refractivity contribution in [3.63, 3.8) is 0 Å². The number of nitrogens with zero attached hydrogens (tertiary/aromatic N) is 1. The van der Waals surface area contributed by atoms with Crippen LogP contribution in [-0.2, 0) is 10.0 Å². The molecule has 0 aliphatic heterocycles. The highest BCUT2D eigenvalue weighted by atomic mass is 79.9. The molecule has 0 fully saturated rings. The van der Waals surface area contributed by atoms with Gasteiger partial charge in [0.2, 0.25) is 10.0 Å². The molecule has 0 saturated carbocycles. The number of aryl methyl sites for hydroxylation is 1. The molecule has 0 radical (unpaired) electrons. The van der Waals surface area contributed by atoms with E-state index in [1.165, 1.54) is 15.6 Å². The number of hydrogen-bond donors (Lipinski definition) is 0. The van der Waals surface area contributed by atoms with Crippen LogP contribution in [0.15, 0.2) is 14.7 Å². The van der Waals surface area contributed by atoms with Crippen LogP contribution in [0.1, 0.15) is 24.6 Å². The van der Waals surface area contributed by atoms with E-state index in [0.29, 0.717) is 11.4 Å². The van der Waals surface area contributed by atoms with Gasteiger partial charge in [-0.15, -0.1) is 11.3 Å². The Hall–Kier alpha value is 0.0900. The highest BCUT2D eigenvalue weighted by Gasteiger charge is 2.23. The maximum absolute atomic E-state index is 12.2. The number of sulfonamides is 1. The van der Waals surface area contributed by atoms with E-state index in [1.807, 2.05) is 13.8 Å². The first kappa shape index (κ1) is 14.2. The van der Waals surface area contributed by atoms with Gasteiger partial charge in [-0.2, -0.15) is 0 Å². The van der Waals surface area contributed by atoms with Crippen LogP contribution >= 0.6 is 27.3 Å². The summed E-state index contributed by atoms with van der Waals surface area (Å²) in [5.41, 5.74) is 0. The van der Waals surface area contributed by atoms with Crippen LogP contribution in [0.3, 0.4) is 0 Å². The van der Waals surface area contributed by atoms with Crippen LogP contribution in [0.2, 0.25) is 0 Å². The van der Waals surface area contributed by atoms with Crippen molar-refractivity contribution in [2.75, 3.05) is 13.6 Å². The van der Waals surface area contributed by atoms with E-state index >= 15 is 0 Å². The third-order valence-electron chi connectivity index (χ3n) is 2.36. The molecule has 0 aliphatic carbocycles. The SMILES string of the molecule is CCCCN(C)S(=O)(=O)c1cc(Br)sc1C. The molecule has 0 N–H and O–H groups in total. The summed E-state index contributed by atoms with van der Waals surface area (Å²) in [6, 6.07) is 1.68.